The quantitative estimate of drug-likeness (QED) is 0.819. The molecule has 4 heteroatoms. The summed E-state index contributed by atoms with van der Waals surface area (Å²) in [6.45, 7) is 5.16. The van der Waals surface area contributed by atoms with Crippen LogP contribution in [0.4, 0.5) is 4.39 Å². The highest BCUT2D eigenvalue weighted by Gasteiger charge is 2.16. The van der Waals surface area contributed by atoms with Crippen molar-refractivity contribution in [2.24, 2.45) is 0 Å². The van der Waals surface area contributed by atoms with Crippen LogP contribution in [0.3, 0.4) is 0 Å². The molecule has 1 atom stereocenters. The molecule has 1 N–H and O–H groups in total. The van der Waals surface area contributed by atoms with Gasteiger partial charge in [0, 0.05) is 10.9 Å². The Kier molecular flexibility index (Phi) is 5.13. The third kappa shape index (κ3) is 3.88. The van der Waals surface area contributed by atoms with Crippen molar-refractivity contribution in [1.29, 1.82) is 0 Å². The lowest BCUT2D eigenvalue weighted by atomic mass is 9.99. The predicted molar refractivity (Wildman–Crippen MR) is 83.3 cm³/mol. The van der Waals surface area contributed by atoms with Gasteiger partial charge in [-0.25, -0.2) is 4.39 Å². The second-order valence-corrected chi connectivity index (χ2v) is 7.14. The maximum Gasteiger partial charge on any atom is 0.123 e. The van der Waals surface area contributed by atoms with Crippen molar-refractivity contribution in [1.82, 2.24) is 5.32 Å². The number of hydrogen-bond acceptors (Lipinski definition) is 2. The standard InChI is InChI=1S/C15H17BrFNS/c1-3-18-14(13-9-15(16)19-10(13)2)8-11-4-6-12(17)7-5-11/h4-7,9,14,18H,3,8H2,1-2H3. The molecule has 0 bridgehead atoms. The molecule has 2 aromatic rings. The Labute approximate surface area is 126 Å². The van der Waals surface area contributed by atoms with Gasteiger partial charge in [-0.15, -0.1) is 11.3 Å². The Balaban J connectivity index is 2.20. The SMILES string of the molecule is CCNC(Cc1ccc(F)cc1)c1cc(Br)sc1C. The first-order valence-electron chi connectivity index (χ1n) is 6.33. The summed E-state index contributed by atoms with van der Waals surface area (Å²) in [5, 5.41) is 3.51. The van der Waals surface area contributed by atoms with Crippen LogP contribution in [-0.4, -0.2) is 6.54 Å². The molecule has 0 aliphatic carbocycles. The van der Waals surface area contributed by atoms with Crippen molar-refractivity contribution in [3.63, 3.8) is 0 Å². The highest BCUT2D eigenvalue weighted by atomic mass is 79.9. The van der Waals surface area contributed by atoms with Crippen LogP contribution in [0.15, 0.2) is 34.1 Å². The number of likely N-dealkylation sites (N-methyl/N-ethyl adjacent to an activating group) is 1. The van der Waals surface area contributed by atoms with Gasteiger partial charge < -0.3 is 5.32 Å². The maximum absolute atomic E-state index is 12.9. The monoisotopic (exact) mass is 341 g/mol. The van der Waals surface area contributed by atoms with E-state index >= 15 is 0 Å². The number of rotatable bonds is 5. The van der Waals surface area contributed by atoms with Crippen molar-refractivity contribution < 1.29 is 4.39 Å². The topological polar surface area (TPSA) is 12.0 Å². The van der Waals surface area contributed by atoms with Gasteiger partial charge in [0.2, 0.25) is 0 Å². The normalized spacial score (nSPS) is 12.6. The van der Waals surface area contributed by atoms with E-state index < -0.39 is 0 Å². The molecule has 0 amide bonds. The summed E-state index contributed by atoms with van der Waals surface area (Å²) in [6.07, 6.45) is 0.873. The van der Waals surface area contributed by atoms with Gasteiger partial charge in [-0.2, -0.15) is 0 Å². The van der Waals surface area contributed by atoms with Crippen molar-refractivity contribution in [2.45, 2.75) is 26.3 Å². The molecular weight excluding hydrogens is 325 g/mol. The lowest BCUT2D eigenvalue weighted by molar-refractivity contribution is 0.548. The number of nitrogens with one attached hydrogen (secondary N) is 1. The number of hydrogen-bond donors (Lipinski definition) is 1. The van der Waals surface area contributed by atoms with Gasteiger partial charge >= 0.3 is 0 Å². The van der Waals surface area contributed by atoms with Gasteiger partial charge in [0.05, 0.1) is 3.79 Å². The van der Waals surface area contributed by atoms with Gasteiger partial charge in [-0.1, -0.05) is 19.1 Å². The van der Waals surface area contributed by atoms with Crippen LogP contribution in [-0.2, 0) is 6.42 Å². The molecule has 1 heterocycles. The lowest BCUT2D eigenvalue weighted by Gasteiger charge is -2.18. The molecule has 102 valence electrons. The number of aryl methyl sites for hydroxylation is 1. The first-order valence-corrected chi connectivity index (χ1v) is 7.94. The van der Waals surface area contributed by atoms with Gasteiger partial charge in [0.1, 0.15) is 5.82 Å². The molecule has 1 nitrogen and oxygen atoms in total. The van der Waals surface area contributed by atoms with E-state index in [0.29, 0.717) is 0 Å². The number of benzene rings is 1. The summed E-state index contributed by atoms with van der Waals surface area (Å²) in [6, 6.07) is 9.21. The molecule has 1 unspecified atom stereocenters. The van der Waals surface area contributed by atoms with E-state index in [-0.39, 0.29) is 11.9 Å². The fourth-order valence-electron chi connectivity index (χ4n) is 2.20. The zero-order chi connectivity index (χ0) is 13.8. The summed E-state index contributed by atoms with van der Waals surface area (Å²) in [7, 11) is 0. The molecule has 2 rings (SSSR count). The van der Waals surface area contributed by atoms with E-state index in [9.17, 15) is 4.39 Å². The van der Waals surface area contributed by atoms with Crippen molar-refractivity contribution >= 4 is 27.3 Å². The average Bonchev–Trinajstić information content (AvgIpc) is 2.71. The van der Waals surface area contributed by atoms with E-state index in [0.717, 1.165) is 22.3 Å². The smallest absolute Gasteiger partial charge is 0.123 e. The zero-order valence-corrected chi connectivity index (χ0v) is 13.4. The van der Waals surface area contributed by atoms with E-state index in [1.807, 2.05) is 12.1 Å². The van der Waals surface area contributed by atoms with Gasteiger partial charge in [0.25, 0.3) is 0 Å². The molecule has 0 saturated carbocycles. The van der Waals surface area contributed by atoms with Crippen LogP contribution < -0.4 is 5.32 Å². The zero-order valence-electron chi connectivity index (χ0n) is 11.0. The Hall–Kier alpha value is -0.710. The molecular formula is C15H17BrFNS. The van der Waals surface area contributed by atoms with Crippen LogP contribution in [0.25, 0.3) is 0 Å². The van der Waals surface area contributed by atoms with Crippen molar-refractivity contribution in [3.8, 4) is 0 Å². The van der Waals surface area contributed by atoms with E-state index in [1.165, 1.54) is 22.6 Å². The summed E-state index contributed by atoms with van der Waals surface area (Å²) < 4.78 is 14.1. The minimum absolute atomic E-state index is 0.182. The van der Waals surface area contributed by atoms with Crippen LogP contribution in [0.1, 0.15) is 29.0 Å². The van der Waals surface area contributed by atoms with E-state index in [2.05, 4.69) is 41.2 Å². The molecule has 0 aliphatic heterocycles. The molecule has 1 aromatic carbocycles. The van der Waals surface area contributed by atoms with Gasteiger partial charge in [-0.3, -0.25) is 0 Å². The summed E-state index contributed by atoms with van der Waals surface area (Å²) in [5.41, 5.74) is 2.47. The molecule has 0 saturated heterocycles. The third-order valence-corrected chi connectivity index (χ3v) is 4.67. The van der Waals surface area contributed by atoms with Gasteiger partial charge in [0.15, 0.2) is 0 Å². The largest absolute Gasteiger partial charge is 0.310 e. The molecule has 0 fully saturated rings. The maximum atomic E-state index is 12.9. The Morgan fingerprint density at radius 2 is 2.00 bits per heavy atom. The second-order valence-electron chi connectivity index (χ2n) is 4.50. The minimum atomic E-state index is -0.182. The molecule has 0 aliphatic rings. The second kappa shape index (κ2) is 6.64. The molecule has 19 heavy (non-hydrogen) atoms. The van der Waals surface area contributed by atoms with Crippen LogP contribution in [0.2, 0.25) is 0 Å². The van der Waals surface area contributed by atoms with E-state index in [1.54, 1.807) is 11.3 Å². The number of halogens is 2. The van der Waals surface area contributed by atoms with E-state index in [4.69, 9.17) is 0 Å². The third-order valence-electron chi connectivity index (χ3n) is 3.11. The summed E-state index contributed by atoms with van der Waals surface area (Å²) in [5.74, 6) is -0.182. The summed E-state index contributed by atoms with van der Waals surface area (Å²) >= 11 is 5.29. The van der Waals surface area contributed by atoms with Crippen molar-refractivity contribution in [2.75, 3.05) is 6.54 Å². The predicted octanol–water partition coefficient (Wildman–Crippen LogP) is 4.85. The van der Waals surface area contributed by atoms with Crippen LogP contribution >= 0.6 is 27.3 Å². The molecule has 0 spiro atoms. The minimum Gasteiger partial charge on any atom is -0.310 e. The first-order chi connectivity index (χ1) is 9.10. The highest BCUT2D eigenvalue weighted by Crippen LogP contribution is 2.32. The van der Waals surface area contributed by atoms with Crippen LogP contribution in [0, 0.1) is 12.7 Å². The van der Waals surface area contributed by atoms with Crippen molar-refractivity contribution in [3.05, 3.63) is 55.9 Å². The summed E-state index contributed by atoms with van der Waals surface area (Å²) in [4.78, 5) is 1.32. The Morgan fingerprint density at radius 3 is 2.53 bits per heavy atom. The lowest BCUT2D eigenvalue weighted by Crippen LogP contribution is -2.23. The number of thiophene rings is 1. The van der Waals surface area contributed by atoms with Crippen LogP contribution in [0.5, 0.6) is 0 Å². The average molecular weight is 342 g/mol. The molecule has 0 radical (unpaired) electrons. The fraction of sp³-hybridized carbons (Fsp3) is 0.333. The van der Waals surface area contributed by atoms with Gasteiger partial charge in [-0.05, 0) is 65.1 Å². The Morgan fingerprint density at radius 1 is 1.32 bits per heavy atom. The molecule has 1 aromatic heterocycles. The highest BCUT2D eigenvalue weighted by molar-refractivity contribution is 9.11. The Bertz CT molecular complexity index is 536. The first kappa shape index (κ1) is 14.7. The fourth-order valence-corrected chi connectivity index (χ4v) is 3.97.